The number of carbonyl (C=O) groups excluding carboxylic acids is 2. The van der Waals surface area contributed by atoms with Crippen molar-refractivity contribution in [1.82, 2.24) is 18.9 Å². The summed E-state index contributed by atoms with van der Waals surface area (Å²) >= 11 is 0. The number of carboxylic acids is 2. The number of hydrogen-bond donors (Lipinski definition) is 0. The van der Waals surface area contributed by atoms with Crippen LogP contribution in [0.1, 0.15) is 34.6 Å². The van der Waals surface area contributed by atoms with Gasteiger partial charge in [0.1, 0.15) is 11.6 Å². The Morgan fingerprint density at radius 2 is 0.942 bits per heavy atom. The zero-order valence-electron chi connectivity index (χ0n) is 29.7. The van der Waals surface area contributed by atoms with Gasteiger partial charge in [0.05, 0.1) is 45.5 Å². The van der Waals surface area contributed by atoms with Crippen LogP contribution in [-0.4, -0.2) is 108 Å². The van der Waals surface area contributed by atoms with Crippen LogP contribution in [0.2, 0.25) is 0 Å². The average Bonchev–Trinajstić information content (AvgIpc) is 3.06. The molecule has 0 radical (unpaired) electrons. The van der Waals surface area contributed by atoms with Gasteiger partial charge in [0.25, 0.3) is 0 Å². The SMILES string of the molecule is CCn1cc(C(=O)[O-])c(=O)c2cc(F)c(N3CCN(C)CC3)cc21.CCn1cc(C(=O)[O-])c(=O)c2cc(F)c(N3CCN(C)CC3)cc21.O.O.[OH3+].[Zn+2]. The second kappa shape index (κ2) is 19.0. The summed E-state index contributed by atoms with van der Waals surface area (Å²) in [6.45, 7) is 10.7. The Morgan fingerprint density at radius 1 is 0.635 bits per heavy atom. The standard InChI is InChI=1S/2C17H20FN3O3.3H2O.Zn/c2*1-3-20-10-12(17(23)24)16(22)11-8-13(18)15(9-14(11)20)21-6-4-19(2)5-7-21;;;;/h2*8-10H,3-7H2,1-2H3,(H,23,24);3*1H2;/q;;;;;+2/p-1. The zero-order valence-corrected chi connectivity index (χ0v) is 32.7. The van der Waals surface area contributed by atoms with Gasteiger partial charge in [-0.05, 0) is 52.2 Å². The Labute approximate surface area is 310 Å². The summed E-state index contributed by atoms with van der Waals surface area (Å²) in [5.74, 6) is -4.12. The smallest absolute Gasteiger partial charge is 0.545 e. The molecule has 2 aromatic carbocycles. The van der Waals surface area contributed by atoms with Crippen molar-refractivity contribution in [2.45, 2.75) is 26.9 Å². The first-order chi connectivity index (χ1) is 22.8. The Bertz CT molecular complexity index is 1870. The number of hydrogen-bond acceptors (Lipinski definition) is 10. The summed E-state index contributed by atoms with van der Waals surface area (Å²) in [7, 11) is 4.04. The Balaban J connectivity index is 0.000000483. The van der Waals surface area contributed by atoms with E-state index in [1.807, 2.05) is 37.7 Å². The van der Waals surface area contributed by atoms with Gasteiger partial charge in [0.15, 0.2) is 10.9 Å². The predicted molar refractivity (Wildman–Crippen MR) is 188 cm³/mol. The summed E-state index contributed by atoms with van der Waals surface area (Å²) in [5, 5.41) is 22.4. The van der Waals surface area contributed by atoms with E-state index in [0.29, 0.717) is 61.7 Å². The van der Waals surface area contributed by atoms with E-state index in [2.05, 4.69) is 9.80 Å². The van der Waals surface area contributed by atoms with Crippen molar-refractivity contribution in [2.24, 2.45) is 0 Å². The Kier molecular flexibility index (Phi) is 16.7. The third-order valence-electron chi connectivity index (χ3n) is 9.11. The van der Waals surface area contributed by atoms with E-state index in [4.69, 9.17) is 0 Å². The van der Waals surface area contributed by atoms with Crippen LogP contribution in [0.5, 0.6) is 0 Å². The molecule has 15 nitrogen and oxygen atoms in total. The number of carbonyl (C=O) groups is 2. The molecule has 18 heteroatoms. The van der Waals surface area contributed by atoms with Crippen LogP contribution in [0, 0.1) is 11.6 Å². The molecule has 2 aliphatic rings. The van der Waals surface area contributed by atoms with Crippen molar-refractivity contribution < 1.29 is 64.5 Å². The van der Waals surface area contributed by atoms with Gasteiger partial charge >= 0.3 is 19.5 Å². The summed E-state index contributed by atoms with van der Waals surface area (Å²) < 4.78 is 32.4. The van der Waals surface area contributed by atoms with Crippen LogP contribution < -0.4 is 30.9 Å². The molecule has 2 saturated heterocycles. The number of piperazine rings is 2. The number of rotatable bonds is 6. The van der Waals surface area contributed by atoms with E-state index in [0.717, 1.165) is 38.3 Å². The number of likely N-dealkylation sites (N-methyl/N-ethyl adjacent to an activating group) is 2. The van der Waals surface area contributed by atoms with Crippen LogP contribution in [0.4, 0.5) is 20.2 Å². The van der Waals surface area contributed by atoms with Crippen molar-refractivity contribution in [1.29, 1.82) is 0 Å². The molecule has 4 aromatic rings. The molecule has 0 unspecified atom stereocenters. The maximum Gasteiger partial charge on any atom is 2.00 e. The first-order valence-corrected chi connectivity index (χ1v) is 15.9. The third-order valence-corrected chi connectivity index (χ3v) is 9.11. The molecule has 0 saturated carbocycles. The monoisotopic (exact) mass is 783 g/mol. The molecule has 2 fully saturated rings. The normalized spacial score (nSPS) is 14.7. The van der Waals surface area contributed by atoms with Crippen molar-refractivity contribution in [3.8, 4) is 0 Å². The fraction of sp³-hybridized carbons (Fsp3) is 0.412. The van der Waals surface area contributed by atoms with Gasteiger partial charge in [0.2, 0.25) is 0 Å². The van der Waals surface area contributed by atoms with Gasteiger partial charge in [0, 0.05) is 88.6 Å². The molecule has 2 aliphatic heterocycles. The van der Waals surface area contributed by atoms with Gasteiger partial charge in [-0.15, -0.1) is 0 Å². The maximum absolute atomic E-state index is 14.6. The van der Waals surface area contributed by atoms with Gasteiger partial charge in [-0.25, -0.2) is 8.78 Å². The first-order valence-electron chi connectivity index (χ1n) is 15.9. The summed E-state index contributed by atoms with van der Waals surface area (Å²) in [4.78, 5) is 55.1. The van der Waals surface area contributed by atoms with E-state index in [9.17, 15) is 38.2 Å². The number of benzene rings is 2. The minimum Gasteiger partial charge on any atom is -0.545 e. The van der Waals surface area contributed by atoms with E-state index >= 15 is 0 Å². The van der Waals surface area contributed by atoms with Gasteiger partial charge in [-0.3, -0.25) is 9.59 Å². The minimum absolute atomic E-state index is 0. The second-order valence-corrected chi connectivity index (χ2v) is 12.1. The summed E-state index contributed by atoms with van der Waals surface area (Å²) in [6.07, 6.45) is 2.54. The first kappa shape index (κ1) is 45.7. The average molecular weight is 785 g/mol. The number of carboxylic acid groups (broad SMARTS) is 2. The van der Waals surface area contributed by atoms with Gasteiger partial charge in [-0.1, -0.05) is 0 Å². The van der Waals surface area contributed by atoms with Crippen molar-refractivity contribution in [2.75, 3.05) is 76.3 Å². The molecule has 280 valence electrons. The molecule has 0 amide bonds. The number of nitrogens with zero attached hydrogens (tertiary/aromatic N) is 6. The summed E-state index contributed by atoms with van der Waals surface area (Å²) in [5.41, 5.74) is -0.369. The van der Waals surface area contributed by atoms with Crippen LogP contribution in [0.25, 0.3) is 21.8 Å². The van der Waals surface area contributed by atoms with Crippen LogP contribution >= 0.6 is 0 Å². The number of halogens is 2. The molecule has 0 spiro atoms. The number of aromatic nitrogens is 2. The third kappa shape index (κ3) is 9.18. The van der Waals surface area contributed by atoms with Crippen molar-refractivity contribution in [3.05, 3.63) is 79.9 Å². The molecule has 7 N–H and O–H groups in total. The Morgan fingerprint density at radius 3 is 1.21 bits per heavy atom. The van der Waals surface area contributed by atoms with E-state index < -0.39 is 45.6 Å². The van der Waals surface area contributed by atoms with Crippen LogP contribution in [-0.2, 0) is 38.0 Å². The van der Waals surface area contributed by atoms with Crippen molar-refractivity contribution >= 4 is 45.1 Å². The zero-order chi connectivity index (χ0) is 34.9. The number of fused-ring (bicyclic) bond motifs is 2. The number of aryl methyl sites for hydroxylation is 2. The van der Waals surface area contributed by atoms with E-state index in [1.165, 1.54) is 12.4 Å². The number of aromatic carboxylic acids is 2. The molecule has 0 aliphatic carbocycles. The number of pyridine rings is 2. The minimum atomic E-state index is -1.55. The topological polar surface area (TPSA) is 233 Å². The molecule has 6 rings (SSSR count). The molecule has 2 aromatic heterocycles. The molecule has 0 bridgehead atoms. The van der Waals surface area contributed by atoms with Crippen LogP contribution in [0.3, 0.4) is 0 Å². The fourth-order valence-electron chi connectivity index (χ4n) is 6.19. The maximum atomic E-state index is 14.6. The Hall–Kier alpha value is -4.32. The van der Waals surface area contributed by atoms with E-state index in [1.54, 1.807) is 21.3 Å². The van der Waals surface area contributed by atoms with Crippen molar-refractivity contribution in [3.63, 3.8) is 0 Å². The second-order valence-electron chi connectivity index (χ2n) is 12.1. The van der Waals surface area contributed by atoms with E-state index in [-0.39, 0.29) is 46.7 Å². The fourth-order valence-corrected chi connectivity index (χ4v) is 6.19. The molecule has 4 heterocycles. The van der Waals surface area contributed by atoms with Gasteiger partial charge in [-0.2, -0.15) is 0 Å². The summed E-state index contributed by atoms with van der Waals surface area (Å²) in [6, 6.07) is 5.56. The predicted octanol–water partition coefficient (Wildman–Crippen LogP) is -2.02. The van der Waals surface area contributed by atoms with Crippen LogP contribution in [0.15, 0.2) is 46.2 Å². The largest absolute Gasteiger partial charge is 2.00 e. The molecular weight excluding hydrogens is 740 g/mol. The quantitative estimate of drug-likeness (QED) is 0.154. The molecular formula is C34H45F2N6O9Zn+. The number of anilines is 2. The molecule has 52 heavy (non-hydrogen) atoms. The molecule has 0 atom stereocenters. The van der Waals surface area contributed by atoms with Gasteiger partial charge < -0.3 is 65.0 Å².